The fraction of sp³-hybridized carbons (Fsp3) is 0.0667. The van der Waals surface area contributed by atoms with Gasteiger partial charge in [-0.25, -0.2) is 5.43 Å². The molecule has 1 N–H and O–H groups in total. The third-order valence-corrected chi connectivity index (χ3v) is 6.16. The molecule has 22 heavy (non-hydrogen) atoms. The molecular weight excluding hydrogens is 404 g/mol. The average molecular weight is 414 g/mol. The van der Waals surface area contributed by atoms with Crippen LogP contribution in [0, 0.1) is 6.92 Å². The topological polar surface area (TPSA) is 41.5 Å². The van der Waals surface area contributed by atoms with E-state index in [-0.39, 0.29) is 5.91 Å². The number of hydrazone groups is 1. The van der Waals surface area contributed by atoms with Gasteiger partial charge in [0.2, 0.25) is 0 Å². The smallest absolute Gasteiger partial charge is 0.266 e. The Balaban J connectivity index is 1.80. The maximum Gasteiger partial charge on any atom is 0.283 e. The van der Waals surface area contributed by atoms with Gasteiger partial charge in [0.1, 0.15) is 4.88 Å². The van der Waals surface area contributed by atoms with Crippen LogP contribution in [-0.2, 0) is 0 Å². The number of thiophene rings is 2. The molecule has 0 aliphatic heterocycles. The van der Waals surface area contributed by atoms with Crippen LogP contribution in [-0.4, -0.2) is 12.1 Å². The largest absolute Gasteiger partial charge is 0.283 e. The number of amides is 1. The lowest BCUT2D eigenvalue weighted by atomic mass is 10.2. The number of aryl methyl sites for hydroxylation is 1. The van der Waals surface area contributed by atoms with E-state index in [1.54, 1.807) is 6.21 Å². The molecule has 0 saturated carbocycles. The molecule has 3 nitrogen and oxygen atoms in total. The highest BCUT2D eigenvalue weighted by atomic mass is 79.9. The molecule has 0 aliphatic carbocycles. The molecule has 0 atom stereocenters. The lowest BCUT2D eigenvalue weighted by molar-refractivity contribution is 0.0959. The minimum Gasteiger partial charge on any atom is -0.266 e. The van der Waals surface area contributed by atoms with Crippen molar-refractivity contribution in [2.75, 3.05) is 0 Å². The van der Waals surface area contributed by atoms with Crippen molar-refractivity contribution in [3.63, 3.8) is 0 Å². The van der Waals surface area contributed by atoms with E-state index in [9.17, 15) is 4.79 Å². The fourth-order valence-corrected chi connectivity index (χ4v) is 4.72. The second-order valence-corrected chi connectivity index (χ2v) is 8.51. The molecule has 0 spiro atoms. The van der Waals surface area contributed by atoms with Gasteiger partial charge in [-0.15, -0.1) is 22.7 Å². The molecule has 0 radical (unpaired) electrons. The Hall–Kier alpha value is -1.21. The third-order valence-electron chi connectivity index (χ3n) is 2.94. The van der Waals surface area contributed by atoms with Crippen molar-refractivity contribution in [3.05, 3.63) is 54.5 Å². The number of hydrogen-bond donors (Lipinski definition) is 1. The van der Waals surface area contributed by atoms with Gasteiger partial charge in [0.25, 0.3) is 5.91 Å². The molecular formula is C15H10BrClN2OS2. The summed E-state index contributed by atoms with van der Waals surface area (Å²) in [5.41, 5.74) is 3.66. The van der Waals surface area contributed by atoms with Crippen LogP contribution in [0.25, 0.3) is 10.1 Å². The Kier molecular flexibility index (Phi) is 4.63. The number of fused-ring (bicyclic) bond motifs is 1. The van der Waals surface area contributed by atoms with E-state index in [1.807, 2.05) is 37.3 Å². The number of rotatable bonds is 3. The number of carbonyl (C=O) groups is 1. The molecule has 0 fully saturated rings. The molecule has 7 heteroatoms. The van der Waals surface area contributed by atoms with Crippen LogP contribution in [0.2, 0.25) is 5.02 Å². The zero-order chi connectivity index (χ0) is 15.7. The van der Waals surface area contributed by atoms with Gasteiger partial charge >= 0.3 is 0 Å². The minimum atomic E-state index is -0.296. The maximum absolute atomic E-state index is 12.2. The number of nitrogens with one attached hydrogen (secondary N) is 1. The van der Waals surface area contributed by atoms with Crippen LogP contribution >= 0.6 is 50.2 Å². The summed E-state index contributed by atoms with van der Waals surface area (Å²) >= 11 is 12.6. The first-order valence-electron chi connectivity index (χ1n) is 6.32. The van der Waals surface area contributed by atoms with Gasteiger partial charge in [-0.1, -0.05) is 23.7 Å². The number of halogens is 2. The highest BCUT2D eigenvalue weighted by Gasteiger charge is 2.16. The number of nitrogens with zero attached hydrogens (tertiary/aromatic N) is 1. The number of benzene rings is 1. The molecule has 2 heterocycles. The Morgan fingerprint density at radius 3 is 2.86 bits per heavy atom. The second kappa shape index (κ2) is 6.50. The van der Waals surface area contributed by atoms with Crippen molar-refractivity contribution in [3.8, 4) is 0 Å². The average Bonchev–Trinajstić information content (AvgIpc) is 3.03. The van der Waals surface area contributed by atoms with Gasteiger partial charge in [-0.05, 0) is 46.6 Å². The summed E-state index contributed by atoms with van der Waals surface area (Å²) < 4.78 is 2.02. The predicted molar refractivity (Wildman–Crippen MR) is 98.7 cm³/mol. The second-order valence-electron chi connectivity index (χ2n) is 4.59. The van der Waals surface area contributed by atoms with E-state index in [2.05, 4.69) is 26.5 Å². The van der Waals surface area contributed by atoms with Gasteiger partial charge in [0.05, 0.1) is 15.0 Å². The van der Waals surface area contributed by atoms with Crippen LogP contribution < -0.4 is 5.43 Å². The summed E-state index contributed by atoms with van der Waals surface area (Å²) in [6, 6.07) is 9.79. The van der Waals surface area contributed by atoms with Crippen molar-refractivity contribution >= 4 is 72.4 Å². The highest BCUT2D eigenvalue weighted by molar-refractivity contribution is 9.11. The Morgan fingerprint density at radius 2 is 2.14 bits per heavy atom. The summed E-state index contributed by atoms with van der Waals surface area (Å²) in [5, 5.41) is 5.35. The normalized spacial score (nSPS) is 11.4. The molecule has 112 valence electrons. The molecule has 1 aromatic carbocycles. The quantitative estimate of drug-likeness (QED) is 0.450. The van der Waals surface area contributed by atoms with Gasteiger partial charge in [-0.3, -0.25) is 4.79 Å². The maximum atomic E-state index is 12.2. The minimum absolute atomic E-state index is 0.296. The summed E-state index contributed by atoms with van der Waals surface area (Å²) in [4.78, 5) is 13.6. The summed E-state index contributed by atoms with van der Waals surface area (Å²) in [7, 11) is 0. The number of hydrogen-bond acceptors (Lipinski definition) is 4. The van der Waals surface area contributed by atoms with Gasteiger partial charge in [-0.2, -0.15) is 5.10 Å². The molecule has 0 bridgehead atoms. The van der Waals surface area contributed by atoms with Gasteiger partial charge < -0.3 is 0 Å². The van der Waals surface area contributed by atoms with Crippen molar-refractivity contribution in [2.24, 2.45) is 5.10 Å². The van der Waals surface area contributed by atoms with Crippen molar-refractivity contribution in [1.29, 1.82) is 0 Å². The lowest BCUT2D eigenvalue weighted by Crippen LogP contribution is -2.16. The highest BCUT2D eigenvalue weighted by Crippen LogP contribution is 2.35. The first-order valence-corrected chi connectivity index (χ1v) is 9.12. The first kappa shape index (κ1) is 15.7. The zero-order valence-corrected chi connectivity index (χ0v) is 15.4. The lowest BCUT2D eigenvalue weighted by Gasteiger charge is -1.96. The molecule has 3 aromatic rings. The molecule has 0 saturated heterocycles. The first-order chi connectivity index (χ1) is 10.5. The van der Waals surface area contributed by atoms with Gasteiger partial charge in [0, 0.05) is 15.0 Å². The predicted octanol–water partition coefficient (Wildman–Crippen LogP) is 5.45. The van der Waals surface area contributed by atoms with E-state index in [4.69, 9.17) is 11.6 Å². The monoisotopic (exact) mass is 412 g/mol. The Labute approximate surface area is 148 Å². The van der Waals surface area contributed by atoms with Crippen LogP contribution in [0.5, 0.6) is 0 Å². The molecule has 2 aromatic heterocycles. The summed E-state index contributed by atoms with van der Waals surface area (Å²) in [6.07, 6.45) is 1.61. The molecule has 0 unspecified atom stereocenters. The van der Waals surface area contributed by atoms with Crippen molar-refractivity contribution in [1.82, 2.24) is 5.43 Å². The molecule has 3 rings (SSSR count). The van der Waals surface area contributed by atoms with Crippen LogP contribution in [0.3, 0.4) is 0 Å². The standard InChI is InChI=1S/C15H10BrClN2OS2/c1-8-2-4-10-11(6-8)22-14(13(10)17)15(20)19-18-7-9-3-5-12(16)21-9/h2-7H,1H3,(H,19,20)/b18-7+. The molecule has 1 amide bonds. The SMILES string of the molecule is Cc1ccc2c(Cl)c(C(=O)N/N=C/c3ccc(Br)s3)sc2c1. The van der Waals surface area contributed by atoms with Crippen molar-refractivity contribution < 1.29 is 4.79 Å². The third kappa shape index (κ3) is 3.25. The summed E-state index contributed by atoms with van der Waals surface area (Å²) in [5.74, 6) is -0.296. The van der Waals surface area contributed by atoms with Gasteiger partial charge in [0.15, 0.2) is 0 Å². The van der Waals surface area contributed by atoms with E-state index < -0.39 is 0 Å². The van der Waals surface area contributed by atoms with E-state index in [0.717, 1.165) is 24.3 Å². The van der Waals surface area contributed by atoms with E-state index in [1.165, 1.54) is 22.7 Å². The van der Waals surface area contributed by atoms with Crippen LogP contribution in [0.1, 0.15) is 20.1 Å². The van der Waals surface area contributed by atoms with E-state index in [0.29, 0.717) is 9.90 Å². The Morgan fingerprint density at radius 1 is 1.32 bits per heavy atom. The summed E-state index contributed by atoms with van der Waals surface area (Å²) in [6.45, 7) is 2.01. The van der Waals surface area contributed by atoms with Crippen LogP contribution in [0.15, 0.2) is 39.2 Å². The fourth-order valence-electron chi connectivity index (χ4n) is 1.92. The van der Waals surface area contributed by atoms with Crippen molar-refractivity contribution in [2.45, 2.75) is 6.92 Å². The van der Waals surface area contributed by atoms with E-state index >= 15 is 0 Å². The zero-order valence-electron chi connectivity index (χ0n) is 11.4. The number of carbonyl (C=O) groups excluding carboxylic acids is 1. The Bertz CT molecular complexity index is 885. The van der Waals surface area contributed by atoms with Crippen LogP contribution in [0.4, 0.5) is 0 Å². The molecule has 0 aliphatic rings.